The molecule has 1 spiro atoms. The van der Waals surface area contributed by atoms with Gasteiger partial charge in [-0.2, -0.15) is 0 Å². The third kappa shape index (κ3) is 6.81. The summed E-state index contributed by atoms with van der Waals surface area (Å²) in [6.07, 6.45) is 5.42. The zero-order valence-corrected chi connectivity index (χ0v) is 20.9. The molecule has 0 aromatic heterocycles. The summed E-state index contributed by atoms with van der Waals surface area (Å²) in [4.78, 5) is 1.28. The van der Waals surface area contributed by atoms with Gasteiger partial charge in [-0.15, -0.1) is 0 Å². The third-order valence-corrected chi connectivity index (χ3v) is 12.8. The van der Waals surface area contributed by atoms with Crippen LogP contribution >= 0.6 is 11.8 Å². The lowest BCUT2D eigenvalue weighted by atomic mass is 9.83. The van der Waals surface area contributed by atoms with Gasteiger partial charge in [0.05, 0.1) is 26.4 Å². The average Bonchev–Trinajstić information content (AvgIpc) is 3.25. The summed E-state index contributed by atoms with van der Waals surface area (Å²) in [5.41, 5.74) is 0.168. The predicted molar refractivity (Wildman–Crippen MR) is 126 cm³/mol. The summed E-state index contributed by atoms with van der Waals surface area (Å²) in [6.45, 7) is 9.74. The summed E-state index contributed by atoms with van der Waals surface area (Å²) >= 11 is 1.85. The van der Waals surface area contributed by atoms with E-state index < -0.39 is 8.32 Å². The van der Waals surface area contributed by atoms with Crippen LogP contribution in [0.15, 0.2) is 35.2 Å². The van der Waals surface area contributed by atoms with E-state index in [1.165, 1.54) is 23.0 Å². The Hall–Kier alpha value is -0.373. The number of ether oxygens (including phenoxy) is 3. The van der Waals surface area contributed by atoms with Crippen molar-refractivity contribution >= 4 is 20.1 Å². The maximum atomic E-state index is 6.40. The SMILES string of the molecule is CC[Si](CC)(CC)OCCOC(CC1CCC2(CC1)OCCO2)Sc1ccccc1. The first kappa shape index (κ1) is 24.3. The van der Waals surface area contributed by atoms with E-state index in [0.29, 0.717) is 12.5 Å². The molecule has 1 atom stereocenters. The minimum Gasteiger partial charge on any atom is -0.414 e. The van der Waals surface area contributed by atoms with Gasteiger partial charge in [0.25, 0.3) is 0 Å². The van der Waals surface area contributed by atoms with Crippen LogP contribution in [0.1, 0.15) is 52.9 Å². The highest BCUT2D eigenvalue weighted by Crippen LogP contribution is 2.41. The third-order valence-electron chi connectivity index (χ3n) is 6.95. The van der Waals surface area contributed by atoms with Crippen LogP contribution in [0.5, 0.6) is 0 Å². The smallest absolute Gasteiger partial charge is 0.192 e. The monoisotopic (exact) mass is 452 g/mol. The summed E-state index contributed by atoms with van der Waals surface area (Å²) in [5, 5.41) is 0. The Balaban J connectivity index is 1.50. The van der Waals surface area contributed by atoms with E-state index in [4.69, 9.17) is 18.6 Å². The second-order valence-electron chi connectivity index (χ2n) is 8.61. The summed E-state index contributed by atoms with van der Waals surface area (Å²) in [5.74, 6) is 0.391. The Morgan fingerprint density at radius 1 is 1.00 bits per heavy atom. The molecule has 1 aliphatic carbocycles. The molecule has 1 aromatic rings. The largest absolute Gasteiger partial charge is 0.414 e. The van der Waals surface area contributed by atoms with E-state index in [1.54, 1.807) is 0 Å². The second-order valence-corrected chi connectivity index (χ2v) is 14.6. The fourth-order valence-electron chi connectivity index (χ4n) is 4.71. The van der Waals surface area contributed by atoms with E-state index in [2.05, 4.69) is 51.1 Å². The fourth-order valence-corrected chi connectivity index (χ4v) is 8.49. The number of hydrogen-bond donors (Lipinski definition) is 0. The molecule has 0 amide bonds. The van der Waals surface area contributed by atoms with Crippen molar-refractivity contribution in [2.75, 3.05) is 26.4 Å². The van der Waals surface area contributed by atoms with Gasteiger partial charge in [0.2, 0.25) is 0 Å². The minimum absolute atomic E-state index is 0.168. The van der Waals surface area contributed by atoms with Crippen molar-refractivity contribution in [3.63, 3.8) is 0 Å². The Kier molecular flexibility index (Phi) is 9.73. The normalized spacial score (nSPS) is 20.6. The fraction of sp³-hybridized carbons (Fsp3) is 0.750. The zero-order chi connectivity index (χ0) is 21.3. The van der Waals surface area contributed by atoms with Gasteiger partial charge < -0.3 is 18.6 Å². The van der Waals surface area contributed by atoms with Crippen LogP contribution in [-0.4, -0.2) is 46.0 Å². The van der Waals surface area contributed by atoms with Crippen molar-refractivity contribution in [2.45, 2.75) is 87.1 Å². The van der Waals surface area contributed by atoms with E-state index in [1.807, 2.05) is 11.8 Å². The van der Waals surface area contributed by atoms with Gasteiger partial charge in [-0.3, -0.25) is 0 Å². The number of thioether (sulfide) groups is 1. The number of rotatable bonds is 12. The Morgan fingerprint density at radius 2 is 1.63 bits per heavy atom. The molecular formula is C24H40O4SSi. The molecular weight excluding hydrogens is 412 g/mol. The van der Waals surface area contributed by atoms with Gasteiger partial charge in [0.1, 0.15) is 5.44 Å². The first-order chi connectivity index (χ1) is 14.6. The van der Waals surface area contributed by atoms with Gasteiger partial charge in [0, 0.05) is 17.7 Å². The molecule has 0 N–H and O–H groups in total. The van der Waals surface area contributed by atoms with Gasteiger partial charge in [-0.25, -0.2) is 0 Å². The van der Waals surface area contributed by atoms with E-state index in [9.17, 15) is 0 Å². The van der Waals surface area contributed by atoms with E-state index >= 15 is 0 Å². The van der Waals surface area contributed by atoms with Crippen LogP contribution in [0.4, 0.5) is 0 Å². The van der Waals surface area contributed by atoms with Gasteiger partial charge in [-0.1, -0.05) is 50.7 Å². The van der Waals surface area contributed by atoms with Crippen LogP contribution < -0.4 is 0 Å². The summed E-state index contributed by atoms with van der Waals surface area (Å²) in [7, 11) is -1.54. The number of hydrogen-bond acceptors (Lipinski definition) is 5. The van der Waals surface area contributed by atoms with Crippen molar-refractivity contribution in [3.8, 4) is 0 Å². The topological polar surface area (TPSA) is 36.9 Å². The molecule has 6 heteroatoms. The van der Waals surface area contributed by atoms with Gasteiger partial charge in [0.15, 0.2) is 14.1 Å². The molecule has 2 aliphatic rings. The molecule has 1 unspecified atom stereocenters. The lowest BCUT2D eigenvalue weighted by Gasteiger charge is -2.36. The van der Waals surface area contributed by atoms with Crippen LogP contribution in [0.25, 0.3) is 0 Å². The lowest BCUT2D eigenvalue weighted by Crippen LogP contribution is -2.37. The molecule has 1 saturated heterocycles. The molecule has 1 aliphatic heterocycles. The van der Waals surface area contributed by atoms with Crippen LogP contribution in [-0.2, 0) is 18.6 Å². The maximum absolute atomic E-state index is 6.40. The van der Waals surface area contributed by atoms with Gasteiger partial charge in [-0.05, 0) is 55.4 Å². The standard InChI is InChI=1S/C24H40O4SSi/c1-4-30(5-2,6-3)28-19-16-25-23(29-22-10-8-7-9-11-22)20-21-12-14-24(15-13-21)26-17-18-27-24/h7-11,21,23H,4-6,12-20H2,1-3H3. The molecule has 2 fully saturated rings. The van der Waals surface area contributed by atoms with Crippen molar-refractivity contribution in [1.82, 2.24) is 0 Å². The Labute approximate surface area is 188 Å². The molecule has 1 saturated carbocycles. The first-order valence-corrected chi connectivity index (χ1v) is 15.3. The summed E-state index contributed by atoms with van der Waals surface area (Å²) in [6, 6.07) is 14.2. The van der Waals surface area contributed by atoms with E-state index in [0.717, 1.165) is 51.9 Å². The molecule has 1 aromatic carbocycles. The Bertz CT molecular complexity index is 586. The molecule has 170 valence electrons. The van der Waals surface area contributed by atoms with Crippen molar-refractivity contribution < 1.29 is 18.6 Å². The van der Waals surface area contributed by atoms with Crippen molar-refractivity contribution in [2.24, 2.45) is 5.92 Å². The Morgan fingerprint density at radius 3 is 2.23 bits per heavy atom. The maximum Gasteiger partial charge on any atom is 0.192 e. The van der Waals surface area contributed by atoms with E-state index in [-0.39, 0.29) is 11.2 Å². The summed E-state index contributed by atoms with van der Waals surface area (Å²) < 4.78 is 24.6. The first-order valence-electron chi connectivity index (χ1n) is 11.9. The molecule has 1 heterocycles. The molecule has 4 nitrogen and oxygen atoms in total. The zero-order valence-electron chi connectivity index (χ0n) is 19.1. The lowest BCUT2D eigenvalue weighted by molar-refractivity contribution is -0.183. The van der Waals surface area contributed by atoms with Crippen LogP contribution in [0.2, 0.25) is 18.1 Å². The average molecular weight is 453 g/mol. The highest BCUT2D eigenvalue weighted by atomic mass is 32.2. The van der Waals surface area contributed by atoms with Crippen LogP contribution in [0, 0.1) is 5.92 Å². The highest BCUT2D eigenvalue weighted by molar-refractivity contribution is 7.99. The molecule has 0 bridgehead atoms. The number of benzene rings is 1. The second kappa shape index (κ2) is 12.0. The minimum atomic E-state index is -1.54. The predicted octanol–water partition coefficient (Wildman–Crippen LogP) is 6.47. The molecule has 0 radical (unpaired) electrons. The van der Waals surface area contributed by atoms with Gasteiger partial charge >= 0.3 is 0 Å². The molecule has 30 heavy (non-hydrogen) atoms. The van der Waals surface area contributed by atoms with Crippen molar-refractivity contribution in [3.05, 3.63) is 30.3 Å². The van der Waals surface area contributed by atoms with Crippen molar-refractivity contribution in [1.29, 1.82) is 0 Å². The quantitative estimate of drug-likeness (QED) is 0.157. The highest BCUT2D eigenvalue weighted by Gasteiger charge is 2.40. The van der Waals surface area contributed by atoms with Crippen LogP contribution in [0.3, 0.4) is 0 Å². The molecule has 3 rings (SSSR count).